The second kappa shape index (κ2) is 7.71. The summed E-state index contributed by atoms with van der Waals surface area (Å²) in [5, 5.41) is 2.96. The molecule has 0 aliphatic heterocycles. The number of hydrogen-bond acceptors (Lipinski definition) is 4. The number of anilines is 1. The van der Waals surface area contributed by atoms with Gasteiger partial charge in [-0.2, -0.15) is 0 Å². The molecule has 0 radical (unpaired) electrons. The number of aryl methyl sites for hydroxylation is 2. The predicted molar refractivity (Wildman–Crippen MR) is 97.7 cm³/mol. The molecular formula is C19H23NO3S. The molecule has 128 valence electrons. The number of nitrogens with one attached hydrogen (secondary N) is 1. The number of carbonyl (C=O) groups excluding carboxylic acids is 1. The summed E-state index contributed by atoms with van der Waals surface area (Å²) in [6.45, 7) is 0. The standard InChI is InChI=1S/C19H23NO3S/c1-22-15-10-9-14(12-16(15)23-2)20-19(21)18-11-13-7-5-3-4-6-8-17(13)24-18/h9-12H,3-8H2,1-2H3,(H,20,21). The Hall–Kier alpha value is -2.01. The molecule has 1 aliphatic rings. The van der Waals surface area contributed by atoms with Gasteiger partial charge in [-0.3, -0.25) is 4.79 Å². The number of fused-ring (bicyclic) bond motifs is 1. The number of ether oxygens (including phenoxy) is 2. The molecule has 0 saturated heterocycles. The van der Waals surface area contributed by atoms with Crippen LogP contribution in [0.5, 0.6) is 11.5 Å². The van der Waals surface area contributed by atoms with Crippen molar-refractivity contribution in [2.45, 2.75) is 38.5 Å². The highest BCUT2D eigenvalue weighted by Crippen LogP contribution is 2.31. The van der Waals surface area contributed by atoms with Crippen molar-refractivity contribution in [3.8, 4) is 11.5 Å². The van der Waals surface area contributed by atoms with Gasteiger partial charge < -0.3 is 14.8 Å². The lowest BCUT2D eigenvalue weighted by Gasteiger charge is -2.10. The summed E-state index contributed by atoms with van der Waals surface area (Å²) in [4.78, 5) is 14.8. The molecule has 0 spiro atoms. The van der Waals surface area contributed by atoms with Crippen LogP contribution in [0.2, 0.25) is 0 Å². The van der Waals surface area contributed by atoms with Crippen LogP contribution in [0.3, 0.4) is 0 Å². The number of methoxy groups -OCH3 is 2. The zero-order valence-electron chi connectivity index (χ0n) is 14.2. The second-order valence-electron chi connectivity index (χ2n) is 6.00. The van der Waals surface area contributed by atoms with Crippen LogP contribution in [0.15, 0.2) is 24.3 Å². The van der Waals surface area contributed by atoms with E-state index in [-0.39, 0.29) is 5.91 Å². The van der Waals surface area contributed by atoms with Gasteiger partial charge in [-0.25, -0.2) is 0 Å². The first-order chi connectivity index (χ1) is 11.7. The van der Waals surface area contributed by atoms with Gasteiger partial charge in [-0.05, 0) is 49.4 Å². The van der Waals surface area contributed by atoms with Crippen LogP contribution in [-0.4, -0.2) is 20.1 Å². The molecule has 1 amide bonds. The van der Waals surface area contributed by atoms with E-state index in [2.05, 4.69) is 11.4 Å². The summed E-state index contributed by atoms with van der Waals surface area (Å²) in [6.07, 6.45) is 7.23. The number of thiophene rings is 1. The van der Waals surface area contributed by atoms with Gasteiger partial charge >= 0.3 is 0 Å². The molecule has 1 aliphatic carbocycles. The maximum Gasteiger partial charge on any atom is 0.265 e. The SMILES string of the molecule is COc1ccc(NC(=O)c2cc3c(s2)CCCCCC3)cc1OC. The number of carbonyl (C=O) groups is 1. The summed E-state index contributed by atoms with van der Waals surface area (Å²) in [7, 11) is 3.18. The van der Waals surface area contributed by atoms with E-state index in [4.69, 9.17) is 9.47 Å². The average Bonchev–Trinajstić information content (AvgIpc) is 2.97. The second-order valence-corrected chi connectivity index (χ2v) is 7.13. The minimum Gasteiger partial charge on any atom is -0.493 e. The molecule has 3 rings (SSSR count). The summed E-state index contributed by atoms with van der Waals surface area (Å²) >= 11 is 1.63. The highest BCUT2D eigenvalue weighted by Gasteiger charge is 2.16. The Morgan fingerprint density at radius 1 is 1.00 bits per heavy atom. The molecule has 1 N–H and O–H groups in total. The third-order valence-corrected chi connectivity index (χ3v) is 5.60. The monoisotopic (exact) mass is 345 g/mol. The Morgan fingerprint density at radius 3 is 2.50 bits per heavy atom. The molecule has 1 aromatic heterocycles. The number of rotatable bonds is 4. The maximum absolute atomic E-state index is 12.6. The van der Waals surface area contributed by atoms with Crippen molar-refractivity contribution in [1.82, 2.24) is 0 Å². The minimum atomic E-state index is -0.0565. The number of benzene rings is 1. The van der Waals surface area contributed by atoms with Gasteiger partial charge in [0.25, 0.3) is 5.91 Å². The highest BCUT2D eigenvalue weighted by atomic mass is 32.1. The molecule has 1 heterocycles. The van der Waals surface area contributed by atoms with E-state index in [9.17, 15) is 4.79 Å². The van der Waals surface area contributed by atoms with E-state index in [1.165, 1.54) is 36.1 Å². The first kappa shape index (κ1) is 16.8. The molecule has 5 heteroatoms. The fourth-order valence-electron chi connectivity index (χ4n) is 3.06. The van der Waals surface area contributed by atoms with Gasteiger partial charge in [0.1, 0.15) is 0 Å². The minimum absolute atomic E-state index is 0.0565. The summed E-state index contributed by atoms with van der Waals surface area (Å²) in [5.74, 6) is 1.20. The largest absolute Gasteiger partial charge is 0.493 e. The fourth-order valence-corrected chi connectivity index (χ4v) is 4.21. The van der Waals surface area contributed by atoms with E-state index < -0.39 is 0 Å². The zero-order valence-corrected chi connectivity index (χ0v) is 15.0. The molecule has 2 aromatic rings. The Balaban J connectivity index is 1.76. The van der Waals surface area contributed by atoms with Gasteiger partial charge in [-0.1, -0.05) is 12.8 Å². The summed E-state index contributed by atoms with van der Waals surface area (Å²) in [6, 6.07) is 7.47. The van der Waals surface area contributed by atoms with Crippen molar-refractivity contribution in [3.63, 3.8) is 0 Å². The lowest BCUT2D eigenvalue weighted by molar-refractivity contribution is 0.103. The van der Waals surface area contributed by atoms with Crippen molar-refractivity contribution in [3.05, 3.63) is 39.6 Å². The lowest BCUT2D eigenvalue weighted by atomic mass is 10.00. The van der Waals surface area contributed by atoms with Crippen LogP contribution in [0.4, 0.5) is 5.69 Å². The lowest BCUT2D eigenvalue weighted by Crippen LogP contribution is -2.10. The van der Waals surface area contributed by atoms with Crippen LogP contribution in [-0.2, 0) is 12.8 Å². The predicted octanol–water partition coefficient (Wildman–Crippen LogP) is 4.68. The zero-order chi connectivity index (χ0) is 16.9. The summed E-state index contributed by atoms with van der Waals surface area (Å²) in [5.41, 5.74) is 2.07. The van der Waals surface area contributed by atoms with E-state index in [0.717, 1.165) is 17.7 Å². The van der Waals surface area contributed by atoms with Gasteiger partial charge in [-0.15, -0.1) is 11.3 Å². The average molecular weight is 345 g/mol. The normalized spacial score (nSPS) is 14.2. The maximum atomic E-state index is 12.6. The number of amides is 1. The van der Waals surface area contributed by atoms with Crippen LogP contribution >= 0.6 is 11.3 Å². The van der Waals surface area contributed by atoms with E-state index in [1.807, 2.05) is 6.07 Å². The van der Waals surface area contributed by atoms with Crippen molar-refractivity contribution in [1.29, 1.82) is 0 Å². The van der Waals surface area contributed by atoms with Crippen molar-refractivity contribution < 1.29 is 14.3 Å². The Bertz CT molecular complexity index is 698. The Labute approximate surface area is 146 Å². The van der Waals surface area contributed by atoms with Crippen molar-refractivity contribution in [2.75, 3.05) is 19.5 Å². The molecule has 0 unspecified atom stereocenters. The van der Waals surface area contributed by atoms with E-state index in [1.54, 1.807) is 37.7 Å². The molecule has 0 bridgehead atoms. The molecule has 4 nitrogen and oxygen atoms in total. The van der Waals surface area contributed by atoms with Crippen molar-refractivity contribution in [2.24, 2.45) is 0 Å². The van der Waals surface area contributed by atoms with Gasteiger partial charge in [0.15, 0.2) is 11.5 Å². The Kier molecular flexibility index (Phi) is 5.41. The van der Waals surface area contributed by atoms with Crippen LogP contribution in [0, 0.1) is 0 Å². The molecule has 0 saturated carbocycles. The quantitative estimate of drug-likeness (QED) is 0.875. The number of hydrogen-bond donors (Lipinski definition) is 1. The molecule has 0 fully saturated rings. The topological polar surface area (TPSA) is 47.6 Å². The fraction of sp³-hybridized carbons (Fsp3) is 0.421. The van der Waals surface area contributed by atoms with Crippen LogP contribution < -0.4 is 14.8 Å². The molecule has 1 aromatic carbocycles. The first-order valence-electron chi connectivity index (χ1n) is 8.36. The van der Waals surface area contributed by atoms with Gasteiger partial charge in [0.05, 0.1) is 19.1 Å². The smallest absolute Gasteiger partial charge is 0.265 e. The van der Waals surface area contributed by atoms with Crippen LogP contribution in [0.1, 0.15) is 45.8 Å². The van der Waals surface area contributed by atoms with E-state index in [0.29, 0.717) is 17.2 Å². The van der Waals surface area contributed by atoms with Crippen molar-refractivity contribution >= 4 is 22.9 Å². The van der Waals surface area contributed by atoms with Gasteiger partial charge in [0.2, 0.25) is 0 Å². The first-order valence-corrected chi connectivity index (χ1v) is 9.18. The molecule has 0 atom stereocenters. The summed E-state index contributed by atoms with van der Waals surface area (Å²) < 4.78 is 10.5. The van der Waals surface area contributed by atoms with Crippen LogP contribution in [0.25, 0.3) is 0 Å². The Morgan fingerprint density at radius 2 is 1.75 bits per heavy atom. The highest BCUT2D eigenvalue weighted by molar-refractivity contribution is 7.14. The van der Waals surface area contributed by atoms with E-state index >= 15 is 0 Å². The third kappa shape index (κ3) is 3.73. The van der Waals surface area contributed by atoms with Gasteiger partial charge in [0, 0.05) is 16.6 Å². The third-order valence-electron chi connectivity index (χ3n) is 4.36. The molecular weight excluding hydrogens is 322 g/mol. The molecule has 24 heavy (non-hydrogen) atoms.